The fourth-order valence-corrected chi connectivity index (χ4v) is 4.39. The van der Waals surface area contributed by atoms with E-state index in [2.05, 4.69) is 44.2 Å². The number of rotatable bonds is 1. The van der Waals surface area contributed by atoms with Crippen molar-refractivity contribution in [2.45, 2.75) is 46.0 Å². The molecule has 1 atom stereocenters. The van der Waals surface area contributed by atoms with E-state index in [0.717, 1.165) is 31.2 Å². The van der Waals surface area contributed by atoms with Gasteiger partial charge in [0.25, 0.3) is 0 Å². The van der Waals surface area contributed by atoms with Crippen LogP contribution in [-0.2, 0) is 19.3 Å². The summed E-state index contributed by atoms with van der Waals surface area (Å²) in [4.78, 5) is 12.8. The average Bonchev–Trinajstić information content (AvgIpc) is 3.01. The van der Waals surface area contributed by atoms with Crippen LogP contribution in [0.25, 0.3) is 11.1 Å². The van der Waals surface area contributed by atoms with Crippen molar-refractivity contribution in [3.63, 3.8) is 0 Å². The molecule has 112 valence electrons. The molecule has 0 aromatic heterocycles. The van der Waals surface area contributed by atoms with Crippen LogP contribution in [-0.4, -0.2) is 5.78 Å². The molecule has 0 radical (unpaired) electrons. The zero-order valence-electron chi connectivity index (χ0n) is 13.4. The van der Waals surface area contributed by atoms with Gasteiger partial charge in [-0.15, -0.1) is 0 Å². The fourth-order valence-electron chi connectivity index (χ4n) is 4.39. The maximum atomic E-state index is 12.8. The smallest absolute Gasteiger partial charge is 0.166 e. The molecular formula is C21H22O. The number of hydrogen-bond acceptors (Lipinski definition) is 1. The highest BCUT2D eigenvalue weighted by molar-refractivity contribution is 6.04. The van der Waals surface area contributed by atoms with E-state index in [1.807, 2.05) is 0 Å². The van der Waals surface area contributed by atoms with Crippen LogP contribution < -0.4 is 0 Å². The van der Waals surface area contributed by atoms with Crippen molar-refractivity contribution < 1.29 is 4.79 Å². The third kappa shape index (κ3) is 1.88. The Kier molecular flexibility index (Phi) is 3.18. The lowest BCUT2D eigenvalue weighted by atomic mass is 9.75. The van der Waals surface area contributed by atoms with Crippen LogP contribution in [0.3, 0.4) is 0 Å². The largest absolute Gasteiger partial charge is 0.294 e. The molecule has 2 aromatic rings. The van der Waals surface area contributed by atoms with Crippen molar-refractivity contribution in [2.75, 3.05) is 0 Å². The Morgan fingerprint density at radius 1 is 0.909 bits per heavy atom. The van der Waals surface area contributed by atoms with Gasteiger partial charge in [0.1, 0.15) is 0 Å². The first-order valence-corrected chi connectivity index (χ1v) is 8.45. The summed E-state index contributed by atoms with van der Waals surface area (Å²) in [6, 6.07) is 10.7. The predicted molar refractivity (Wildman–Crippen MR) is 90.5 cm³/mol. The molecule has 0 amide bonds. The molecule has 0 spiro atoms. The van der Waals surface area contributed by atoms with Crippen LogP contribution in [0.2, 0.25) is 0 Å². The third-order valence-electron chi connectivity index (χ3n) is 5.53. The van der Waals surface area contributed by atoms with Crippen LogP contribution in [0.15, 0.2) is 30.3 Å². The highest BCUT2D eigenvalue weighted by Gasteiger charge is 2.32. The summed E-state index contributed by atoms with van der Waals surface area (Å²) >= 11 is 0. The van der Waals surface area contributed by atoms with E-state index in [1.165, 1.54) is 39.8 Å². The molecule has 2 aliphatic carbocycles. The van der Waals surface area contributed by atoms with Gasteiger partial charge < -0.3 is 0 Å². The first-order chi connectivity index (χ1) is 10.7. The van der Waals surface area contributed by atoms with Crippen molar-refractivity contribution in [2.24, 2.45) is 5.92 Å². The maximum Gasteiger partial charge on any atom is 0.166 e. The van der Waals surface area contributed by atoms with Gasteiger partial charge in [0.05, 0.1) is 0 Å². The molecular weight excluding hydrogens is 268 g/mol. The van der Waals surface area contributed by atoms with Crippen LogP contribution in [0.1, 0.15) is 52.4 Å². The molecule has 0 heterocycles. The highest BCUT2D eigenvalue weighted by Crippen LogP contribution is 2.43. The van der Waals surface area contributed by atoms with Crippen LogP contribution in [0.4, 0.5) is 0 Å². The second-order valence-corrected chi connectivity index (χ2v) is 6.83. The summed E-state index contributed by atoms with van der Waals surface area (Å²) in [5, 5.41) is 0. The second kappa shape index (κ2) is 5.08. The lowest BCUT2D eigenvalue weighted by Gasteiger charge is -2.28. The SMILES string of the molecule is Cc1c2c(c(-c3ccccc3)c3c1C(=O)C(C)CC3)CCC2. The van der Waals surface area contributed by atoms with E-state index in [0.29, 0.717) is 5.78 Å². The van der Waals surface area contributed by atoms with Gasteiger partial charge >= 0.3 is 0 Å². The van der Waals surface area contributed by atoms with Gasteiger partial charge in [-0.1, -0.05) is 37.3 Å². The van der Waals surface area contributed by atoms with Gasteiger partial charge in [0.2, 0.25) is 0 Å². The Balaban J connectivity index is 2.07. The fraction of sp³-hybridized carbons (Fsp3) is 0.381. The second-order valence-electron chi connectivity index (χ2n) is 6.83. The summed E-state index contributed by atoms with van der Waals surface area (Å²) < 4.78 is 0. The highest BCUT2D eigenvalue weighted by atomic mass is 16.1. The Morgan fingerprint density at radius 2 is 1.64 bits per heavy atom. The van der Waals surface area contributed by atoms with Gasteiger partial charge in [-0.2, -0.15) is 0 Å². The molecule has 4 rings (SSSR count). The summed E-state index contributed by atoms with van der Waals surface area (Å²) in [7, 11) is 0. The lowest BCUT2D eigenvalue weighted by Crippen LogP contribution is -2.23. The number of hydrogen-bond donors (Lipinski definition) is 0. The Hall–Kier alpha value is -1.89. The zero-order chi connectivity index (χ0) is 15.3. The number of fused-ring (bicyclic) bond motifs is 2. The Morgan fingerprint density at radius 3 is 2.41 bits per heavy atom. The summed E-state index contributed by atoms with van der Waals surface area (Å²) in [5.74, 6) is 0.542. The lowest BCUT2D eigenvalue weighted by molar-refractivity contribution is 0.0913. The van der Waals surface area contributed by atoms with Crippen molar-refractivity contribution in [1.29, 1.82) is 0 Å². The van der Waals surface area contributed by atoms with E-state index in [4.69, 9.17) is 0 Å². The Labute approximate surface area is 132 Å². The van der Waals surface area contributed by atoms with Crippen molar-refractivity contribution in [3.05, 3.63) is 58.1 Å². The summed E-state index contributed by atoms with van der Waals surface area (Å²) in [6.45, 7) is 4.26. The molecule has 2 aromatic carbocycles. The van der Waals surface area contributed by atoms with E-state index in [-0.39, 0.29) is 5.92 Å². The average molecular weight is 290 g/mol. The summed E-state index contributed by atoms with van der Waals surface area (Å²) in [5.41, 5.74) is 9.31. The van der Waals surface area contributed by atoms with Gasteiger partial charge in [-0.05, 0) is 72.4 Å². The van der Waals surface area contributed by atoms with Crippen LogP contribution >= 0.6 is 0 Å². The van der Waals surface area contributed by atoms with Gasteiger partial charge in [-0.3, -0.25) is 4.79 Å². The minimum absolute atomic E-state index is 0.175. The van der Waals surface area contributed by atoms with E-state index in [1.54, 1.807) is 0 Å². The zero-order valence-corrected chi connectivity index (χ0v) is 13.4. The monoisotopic (exact) mass is 290 g/mol. The predicted octanol–water partition coefficient (Wildman–Crippen LogP) is 4.92. The van der Waals surface area contributed by atoms with Crippen molar-refractivity contribution >= 4 is 5.78 Å². The summed E-state index contributed by atoms with van der Waals surface area (Å²) in [6.07, 6.45) is 5.56. The topological polar surface area (TPSA) is 17.1 Å². The number of Topliss-reactive ketones (excluding diaryl/α,β-unsaturated/α-hetero) is 1. The van der Waals surface area contributed by atoms with Gasteiger partial charge in [0, 0.05) is 11.5 Å². The normalized spacial score (nSPS) is 19.9. The molecule has 0 saturated heterocycles. The van der Waals surface area contributed by atoms with Gasteiger partial charge in [-0.25, -0.2) is 0 Å². The number of carbonyl (C=O) groups is 1. The number of ketones is 1. The van der Waals surface area contributed by atoms with E-state index >= 15 is 0 Å². The maximum absolute atomic E-state index is 12.8. The molecule has 1 nitrogen and oxygen atoms in total. The Bertz CT molecular complexity index is 755. The molecule has 22 heavy (non-hydrogen) atoms. The van der Waals surface area contributed by atoms with E-state index < -0.39 is 0 Å². The first kappa shape index (κ1) is 13.8. The standard InChI is InChI=1S/C21H22O/c1-13-11-12-18-19(21(13)22)14(2)16-9-6-10-17(16)20(18)15-7-4-3-5-8-15/h3-5,7-8,13H,6,9-12H2,1-2H3. The minimum atomic E-state index is 0.175. The molecule has 0 bridgehead atoms. The van der Waals surface area contributed by atoms with E-state index in [9.17, 15) is 4.79 Å². The third-order valence-corrected chi connectivity index (χ3v) is 5.53. The molecule has 0 N–H and O–H groups in total. The quantitative estimate of drug-likeness (QED) is 0.729. The van der Waals surface area contributed by atoms with Crippen molar-refractivity contribution in [3.8, 4) is 11.1 Å². The molecule has 0 saturated carbocycles. The first-order valence-electron chi connectivity index (χ1n) is 8.45. The molecule has 0 fully saturated rings. The molecule has 0 aliphatic heterocycles. The number of carbonyl (C=O) groups excluding carboxylic acids is 1. The molecule has 1 heteroatoms. The van der Waals surface area contributed by atoms with Gasteiger partial charge in [0.15, 0.2) is 5.78 Å². The molecule has 2 aliphatic rings. The number of benzene rings is 2. The van der Waals surface area contributed by atoms with Crippen molar-refractivity contribution in [1.82, 2.24) is 0 Å². The van der Waals surface area contributed by atoms with Crippen LogP contribution in [0.5, 0.6) is 0 Å². The molecule has 1 unspecified atom stereocenters. The minimum Gasteiger partial charge on any atom is -0.294 e. The van der Waals surface area contributed by atoms with Crippen LogP contribution in [0, 0.1) is 12.8 Å².